The molecule has 106 valence electrons. The van der Waals surface area contributed by atoms with Crippen molar-refractivity contribution in [2.75, 3.05) is 26.7 Å². The first kappa shape index (κ1) is 14.5. The average molecular weight is 260 g/mol. The van der Waals surface area contributed by atoms with E-state index in [-0.39, 0.29) is 0 Å². The minimum atomic E-state index is 0.328. The third kappa shape index (κ3) is 3.37. The van der Waals surface area contributed by atoms with Gasteiger partial charge in [-0.1, -0.05) is 45.0 Å². The van der Waals surface area contributed by atoms with E-state index in [4.69, 9.17) is 0 Å². The van der Waals surface area contributed by atoms with Gasteiger partial charge in [0, 0.05) is 19.1 Å². The molecule has 1 aliphatic carbocycles. The topological polar surface area (TPSA) is 15.3 Å². The Labute approximate surface area is 118 Å². The summed E-state index contributed by atoms with van der Waals surface area (Å²) in [5.74, 6) is 0. The standard InChI is InChI=1S/C17H28N2/c1-5-19(4)13-12-18-16-10-11-17(2,3)15-9-7-6-8-14(15)16/h6-9,16,18H,5,10-13H2,1-4H3. The second-order valence-corrected chi connectivity index (χ2v) is 6.41. The summed E-state index contributed by atoms with van der Waals surface area (Å²) >= 11 is 0. The van der Waals surface area contributed by atoms with E-state index in [1.807, 2.05) is 0 Å². The fourth-order valence-corrected chi connectivity index (χ4v) is 3.01. The molecule has 1 N–H and O–H groups in total. The summed E-state index contributed by atoms with van der Waals surface area (Å²) in [7, 11) is 2.18. The Hall–Kier alpha value is -0.860. The molecular formula is C17H28N2. The molecule has 0 saturated heterocycles. The minimum Gasteiger partial charge on any atom is -0.309 e. The summed E-state index contributed by atoms with van der Waals surface area (Å²) in [5, 5.41) is 3.74. The van der Waals surface area contributed by atoms with Gasteiger partial charge >= 0.3 is 0 Å². The van der Waals surface area contributed by atoms with Crippen LogP contribution in [0, 0.1) is 0 Å². The first-order chi connectivity index (χ1) is 9.04. The largest absolute Gasteiger partial charge is 0.309 e. The Morgan fingerprint density at radius 2 is 2.05 bits per heavy atom. The van der Waals surface area contributed by atoms with Crippen molar-refractivity contribution < 1.29 is 0 Å². The molecule has 0 heterocycles. The van der Waals surface area contributed by atoms with Crippen molar-refractivity contribution >= 4 is 0 Å². The lowest BCUT2D eigenvalue weighted by molar-refractivity contribution is 0.316. The first-order valence-electron chi connectivity index (χ1n) is 7.56. The van der Waals surface area contributed by atoms with Crippen LogP contribution in [0.1, 0.15) is 50.8 Å². The van der Waals surface area contributed by atoms with Crippen LogP contribution in [-0.4, -0.2) is 31.6 Å². The summed E-state index contributed by atoms with van der Waals surface area (Å²) in [5.41, 5.74) is 3.37. The number of rotatable bonds is 5. The molecule has 0 amide bonds. The lowest BCUT2D eigenvalue weighted by atomic mass is 9.71. The Morgan fingerprint density at radius 1 is 1.32 bits per heavy atom. The molecule has 1 unspecified atom stereocenters. The van der Waals surface area contributed by atoms with Crippen LogP contribution < -0.4 is 5.32 Å². The van der Waals surface area contributed by atoms with Crippen molar-refractivity contribution in [3.8, 4) is 0 Å². The van der Waals surface area contributed by atoms with Crippen LogP contribution in [0.4, 0.5) is 0 Å². The molecule has 0 aliphatic heterocycles. The smallest absolute Gasteiger partial charge is 0.0324 e. The molecule has 0 bridgehead atoms. The van der Waals surface area contributed by atoms with Crippen LogP contribution >= 0.6 is 0 Å². The SMILES string of the molecule is CCN(C)CCNC1CCC(C)(C)c2ccccc21. The van der Waals surface area contributed by atoms with Crippen molar-refractivity contribution in [1.29, 1.82) is 0 Å². The van der Waals surface area contributed by atoms with Gasteiger partial charge in [-0.3, -0.25) is 0 Å². The fraction of sp³-hybridized carbons (Fsp3) is 0.647. The highest BCUT2D eigenvalue weighted by atomic mass is 15.1. The molecule has 1 aliphatic rings. The molecule has 1 atom stereocenters. The van der Waals surface area contributed by atoms with Crippen LogP contribution in [0.25, 0.3) is 0 Å². The molecule has 0 saturated carbocycles. The maximum absolute atomic E-state index is 3.74. The van der Waals surface area contributed by atoms with E-state index in [9.17, 15) is 0 Å². The molecule has 0 fully saturated rings. The molecule has 0 aromatic heterocycles. The molecule has 2 heteroatoms. The molecule has 2 rings (SSSR count). The lowest BCUT2D eigenvalue weighted by Gasteiger charge is -2.37. The number of nitrogens with one attached hydrogen (secondary N) is 1. The van der Waals surface area contributed by atoms with Crippen LogP contribution in [-0.2, 0) is 5.41 Å². The van der Waals surface area contributed by atoms with Crippen molar-refractivity contribution in [1.82, 2.24) is 10.2 Å². The zero-order valence-corrected chi connectivity index (χ0v) is 12.9. The maximum Gasteiger partial charge on any atom is 0.0324 e. The second kappa shape index (κ2) is 6.06. The van der Waals surface area contributed by atoms with Gasteiger partial charge in [0.1, 0.15) is 0 Å². The third-order valence-electron chi connectivity index (χ3n) is 4.55. The van der Waals surface area contributed by atoms with Gasteiger partial charge < -0.3 is 10.2 Å². The summed E-state index contributed by atoms with van der Waals surface area (Å²) in [6.07, 6.45) is 2.52. The first-order valence-corrected chi connectivity index (χ1v) is 7.56. The molecule has 0 spiro atoms. The van der Waals surface area contributed by atoms with Gasteiger partial charge in [0.05, 0.1) is 0 Å². The molecule has 1 aromatic rings. The van der Waals surface area contributed by atoms with Gasteiger partial charge in [0.2, 0.25) is 0 Å². The van der Waals surface area contributed by atoms with Gasteiger partial charge in [-0.15, -0.1) is 0 Å². The van der Waals surface area contributed by atoms with E-state index in [0.717, 1.165) is 19.6 Å². The monoisotopic (exact) mass is 260 g/mol. The van der Waals surface area contributed by atoms with Crippen molar-refractivity contribution in [3.05, 3.63) is 35.4 Å². The van der Waals surface area contributed by atoms with E-state index < -0.39 is 0 Å². The van der Waals surface area contributed by atoms with Crippen LogP contribution in [0.3, 0.4) is 0 Å². The quantitative estimate of drug-likeness (QED) is 0.873. The van der Waals surface area contributed by atoms with Crippen LogP contribution in [0.5, 0.6) is 0 Å². The highest BCUT2D eigenvalue weighted by molar-refractivity contribution is 5.38. The van der Waals surface area contributed by atoms with Crippen molar-refractivity contribution in [3.63, 3.8) is 0 Å². The highest BCUT2D eigenvalue weighted by Crippen LogP contribution is 2.41. The van der Waals surface area contributed by atoms with Crippen LogP contribution in [0.15, 0.2) is 24.3 Å². The fourth-order valence-electron chi connectivity index (χ4n) is 3.01. The number of fused-ring (bicyclic) bond motifs is 1. The average Bonchev–Trinajstić information content (AvgIpc) is 2.41. The Balaban J connectivity index is 2.04. The number of benzene rings is 1. The number of hydrogen-bond acceptors (Lipinski definition) is 2. The molecule has 19 heavy (non-hydrogen) atoms. The van der Waals surface area contributed by atoms with Gasteiger partial charge in [0.25, 0.3) is 0 Å². The maximum atomic E-state index is 3.74. The van der Waals surface area contributed by atoms with Gasteiger partial charge in [-0.2, -0.15) is 0 Å². The Kier molecular flexibility index (Phi) is 4.64. The molecular weight excluding hydrogens is 232 g/mol. The predicted octanol–water partition coefficient (Wildman–Crippen LogP) is 3.34. The Bertz CT molecular complexity index is 411. The van der Waals surface area contributed by atoms with E-state index in [1.165, 1.54) is 24.0 Å². The molecule has 2 nitrogen and oxygen atoms in total. The predicted molar refractivity (Wildman–Crippen MR) is 82.6 cm³/mol. The third-order valence-corrected chi connectivity index (χ3v) is 4.55. The normalized spacial score (nSPS) is 21.4. The summed E-state index contributed by atoms with van der Waals surface area (Å²) in [6.45, 7) is 10.3. The van der Waals surface area contributed by atoms with Gasteiger partial charge in [0.15, 0.2) is 0 Å². The lowest BCUT2D eigenvalue weighted by Crippen LogP contribution is -2.36. The Morgan fingerprint density at radius 3 is 2.79 bits per heavy atom. The number of hydrogen-bond donors (Lipinski definition) is 1. The zero-order valence-electron chi connectivity index (χ0n) is 12.9. The minimum absolute atomic E-state index is 0.328. The zero-order chi connectivity index (χ0) is 13.9. The van der Waals surface area contributed by atoms with Crippen molar-refractivity contribution in [2.45, 2.75) is 45.1 Å². The summed E-state index contributed by atoms with van der Waals surface area (Å²) < 4.78 is 0. The highest BCUT2D eigenvalue weighted by Gasteiger charge is 2.31. The van der Waals surface area contributed by atoms with E-state index >= 15 is 0 Å². The van der Waals surface area contributed by atoms with E-state index in [0.29, 0.717) is 11.5 Å². The second-order valence-electron chi connectivity index (χ2n) is 6.41. The van der Waals surface area contributed by atoms with Gasteiger partial charge in [-0.05, 0) is 43.0 Å². The van der Waals surface area contributed by atoms with Gasteiger partial charge in [-0.25, -0.2) is 0 Å². The summed E-state index contributed by atoms with van der Waals surface area (Å²) in [6, 6.07) is 9.49. The van der Waals surface area contributed by atoms with Crippen molar-refractivity contribution in [2.24, 2.45) is 0 Å². The number of nitrogens with zero attached hydrogens (tertiary/aromatic N) is 1. The van der Waals surface area contributed by atoms with E-state index in [1.54, 1.807) is 0 Å². The van der Waals surface area contributed by atoms with Crippen LogP contribution in [0.2, 0.25) is 0 Å². The van der Waals surface area contributed by atoms with E-state index in [2.05, 4.69) is 62.3 Å². The molecule has 0 radical (unpaired) electrons. The number of likely N-dealkylation sites (N-methyl/N-ethyl adjacent to an activating group) is 1. The summed E-state index contributed by atoms with van der Waals surface area (Å²) in [4.78, 5) is 2.35. The molecule has 1 aromatic carbocycles.